The number of esters is 1. The highest BCUT2D eigenvalue weighted by atomic mass is 16.5. The van der Waals surface area contributed by atoms with Gasteiger partial charge in [-0.15, -0.1) is 0 Å². The lowest BCUT2D eigenvalue weighted by Crippen LogP contribution is -2.48. The molecule has 0 bridgehead atoms. The van der Waals surface area contributed by atoms with Gasteiger partial charge in [-0.1, -0.05) is 6.92 Å². The molecule has 0 aromatic rings. The van der Waals surface area contributed by atoms with Crippen molar-refractivity contribution in [3.63, 3.8) is 0 Å². The van der Waals surface area contributed by atoms with E-state index in [4.69, 9.17) is 4.74 Å². The van der Waals surface area contributed by atoms with Crippen molar-refractivity contribution in [3.05, 3.63) is 0 Å². The number of methoxy groups -OCH3 is 1. The van der Waals surface area contributed by atoms with Crippen LogP contribution in [0.4, 0.5) is 0 Å². The summed E-state index contributed by atoms with van der Waals surface area (Å²) in [6.45, 7) is 6.41. The van der Waals surface area contributed by atoms with Crippen LogP contribution in [0.25, 0.3) is 0 Å². The molecule has 18 heavy (non-hydrogen) atoms. The number of rotatable bonds is 9. The predicted octanol–water partition coefficient (Wildman–Crippen LogP) is 1.79. The molecule has 0 saturated heterocycles. The van der Waals surface area contributed by atoms with Crippen LogP contribution in [-0.4, -0.2) is 49.7 Å². The summed E-state index contributed by atoms with van der Waals surface area (Å²) in [5.74, 6) is -0.168. The molecule has 106 valence electrons. The van der Waals surface area contributed by atoms with Crippen LogP contribution >= 0.6 is 0 Å². The van der Waals surface area contributed by atoms with Crippen LogP contribution in [0.5, 0.6) is 0 Å². The van der Waals surface area contributed by atoms with E-state index in [9.17, 15) is 4.79 Å². The topological polar surface area (TPSA) is 41.6 Å². The largest absolute Gasteiger partial charge is 0.468 e. The summed E-state index contributed by atoms with van der Waals surface area (Å²) in [5.41, 5.74) is -0.545. The van der Waals surface area contributed by atoms with Crippen LogP contribution < -0.4 is 5.32 Å². The van der Waals surface area contributed by atoms with Gasteiger partial charge in [-0.25, -0.2) is 0 Å². The van der Waals surface area contributed by atoms with Crippen molar-refractivity contribution in [2.24, 2.45) is 0 Å². The van der Waals surface area contributed by atoms with Gasteiger partial charge < -0.3 is 15.0 Å². The first-order chi connectivity index (χ1) is 8.57. The minimum absolute atomic E-state index is 0.168. The van der Waals surface area contributed by atoms with Gasteiger partial charge in [-0.05, 0) is 59.2 Å². The molecule has 1 unspecified atom stereocenters. The molecule has 1 aliphatic carbocycles. The van der Waals surface area contributed by atoms with Crippen molar-refractivity contribution in [1.82, 2.24) is 10.2 Å². The van der Waals surface area contributed by atoms with Gasteiger partial charge in [0, 0.05) is 6.04 Å². The van der Waals surface area contributed by atoms with E-state index < -0.39 is 5.54 Å². The number of likely N-dealkylation sites (N-methyl/N-ethyl adjacent to an activating group) is 1. The summed E-state index contributed by atoms with van der Waals surface area (Å²) in [4.78, 5) is 14.3. The van der Waals surface area contributed by atoms with Gasteiger partial charge in [0.15, 0.2) is 0 Å². The van der Waals surface area contributed by atoms with Gasteiger partial charge in [0.2, 0.25) is 0 Å². The molecular weight excluding hydrogens is 228 g/mol. The highest BCUT2D eigenvalue weighted by Crippen LogP contribution is 2.27. The van der Waals surface area contributed by atoms with E-state index in [1.165, 1.54) is 32.9 Å². The number of ether oxygens (including phenoxy) is 1. The van der Waals surface area contributed by atoms with Crippen LogP contribution in [0.2, 0.25) is 0 Å². The Bertz CT molecular complexity index is 267. The molecule has 0 heterocycles. The van der Waals surface area contributed by atoms with Crippen molar-refractivity contribution in [1.29, 1.82) is 0 Å². The zero-order chi connectivity index (χ0) is 13.6. The average Bonchev–Trinajstić information content (AvgIpc) is 3.20. The van der Waals surface area contributed by atoms with Crippen LogP contribution in [0.3, 0.4) is 0 Å². The van der Waals surface area contributed by atoms with E-state index in [0.717, 1.165) is 25.4 Å². The monoisotopic (exact) mass is 256 g/mol. The first kappa shape index (κ1) is 15.4. The lowest BCUT2D eigenvalue weighted by atomic mass is 9.96. The fourth-order valence-corrected chi connectivity index (χ4v) is 2.39. The lowest BCUT2D eigenvalue weighted by molar-refractivity contribution is -0.148. The molecular formula is C14H28N2O2. The van der Waals surface area contributed by atoms with Gasteiger partial charge in [0.25, 0.3) is 0 Å². The van der Waals surface area contributed by atoms with Crippen molar-refractivity contribution in [3.8, 4) is 0 Å². The third-order valence-electron chi connectivity index (χ3n) is 3.88. The first-order valence-corrected chi connectivity index (χ1v) is 7.08. The molecule has 1 atom stereocenters. The van der Waals surface area contributed by atoms with E-state index in [2.05, 4.69) is 17.1 Å². The minimum Gasteiger partial charge on any atom is -0.468 e. The number of carbonyl (C=O) groups is 1. The van der Waals surface area contributed by atoms with Gasteiger partial charge in [0.05, 0.1) is 7.11 Å². The Labute approximate surface area is 111 Å². The molecule has 4 heteroatoms. The normalized spacial score (nSPS) is 18.7. The molecule has 1 fully saturated rings. The Morgan fingerprint density at radius 1 is 1.44 bits per heavy atom. The molecule has 0 amide bonds. The molecule has 0 spiro atoms. The Kier molecular flexibility index (Phi) is 6.09. The summed E-state index contributed by atoms with van der Waals surface area (Å²) in [5, 5.41) is 3.09. The molecule has 0 aromatic carbocycles. The average molecular weight is 256 g/mol. The van der Waals surface area contributed by atoms with E-state index in [1.54, 1.807) is 0 Å². The van der Waals surface area contributed by atoms with Crippen molar-refractivity contribution in [2.45, 2.75) is 57.5 Å². The molecule has 1 N–H and O–H groups in total. The smallest absolute Gasteiger partial charge is 0.325 e. The van der Waals surface area contributed by atoms with Gasteiger partial charge in [-0.3, -0.25) is 4.79 Å². The highest BCUT2D eigenvalue weighted by molar-refractivity contribution is 5.80. The van der Waals surface area contributed by atoms with Crippen LogP contribution in [0.15, 0.2) is 0 Å². The summed E-state index contributed by atoms with van der Waals surface area (Å²) >= 11 is 0. The number of nitrogens with one attached hydrogen (secondary N) is 1. The number of nitrogens with zero attached hydrogens (tertiary/aromatic N) is 1. The zero-order valence-corrected chi connectivity index (χ0v) is 12.3. The van der Waals surface area contributed by atoms with Crippen molar-refractivity contribution in [2.75, 3.05) is 27.2 Å². The van der Waals surface area contributed by atoms with Crippen LogP contribution in [0.1, 0.15) is 46.0 Å². The highest BCUT2D eigenvalue weighted by Gasteiger charge is 2.33. The molecule has 1 saturated carbocycles. The zero-order valence-electron chi connectivity index (χ0n) is 12.3. The molecule has 1 rings (SSSR count). The fraction of sp³-hybridized carbons (Fsp3) is 0.929. The summed E-state index contributed by atoms with van der Waals surface area (Å²) in [6.07, 6.45) is 5.75. The van der Waals surface area contributed by atoms with E-state index in [0.29, 0.717) is 0 Å². The Hall–Kier alpha value is -0.610. The Morgan fingerprint density at radius 3 is 2.56 bits per heavy atom. The van der Waals surface area contributed by atoms with Gasteiger partial charge in [-0.2, -0.15) is 0 Å². The Balaban J connectivity index is 2.35. The maximum Gasteiger partial charge on any atom is 0.325 e. The number of hydrogen-bond donors (Lipinski definition) is 1. The molecule has 4 nitrogen and oxygen atoms in total. The second-order valence-corrected chi connectivity index (χ2v) is 5.44. The Morgan fingerprint density at radius 2 is 2.11 bits per heavy atom. The minimum atomic E-state index is -0.545. The van der Waals surface area contributed by atoms with E-state index in [-0.39, 0.29) is 5.97 Å². The van der Waals surface area contributed by atoms with Gasteiger partial charge >= 0.3 is 5.97 Å². The maximum absolute atomic E-state index is 11.7. The summed E-state index contributed by atoms with van der Waals surface area (Å²) in [7, 11) is 3.27. The van der Waals surface area contributed by atoms with Crippen molar-refractivity contribution < 1.29 is 9.53 Å². The summed E-state index contributed by atoms with van der Waals surface area (Å²) in [6, 6.07) is 0.809. The third kappa shape index (κ3) is 4.25. The van der Waals surface area contributed by atoms with Crippen molar-refractivity contribution >= 4 is 5.97 Å². The fourth-order valence-electron chi connectivity index (χ4n) is 2.39. The standard InChI is InChI=1S/C14H28N2O2/c1-5-10-16(12-7-8-12)11-6-9-14(2,15-3)13(17)18-4/h12,15H,5-11H2,1-4H3. The molecule has 0 radical (unpaired) electrons. The van der Waals surface area contributed by atoms with E-state index >= 15 is 0 Å². The predicted molar refractivity (Wildman–Crippen MR) is 73.6 cm³/mol. The maximum atomic E-state index is 11.7. The second kappa shape index (κ2) is 7.10. The van der Waals surface area contributed by atoms with Crippen LogP contribution in [0, 0.1) is 0 Å². The molecule has 1 aliphatic rings. The van der Waals surface area contributed by atoms with Crippen LogP contribution in [-0.2, 0) is 9.53 Å². The number of carbonyl (C=O) groups excluding carboxylic acids is 1. The van der Waals surface area contributed by atoms with E-state index in [1.807, 2.05) is 14.0 Å². The first-order valence-electron chi connectivity index (χ1n) is 7.08. The lowest BCUT2D eigenvalue weighted by Gasteiger charge is -2.28. The molecule has 0 aliphatic heterocycles. The number of hydrogen-bond acceptors (Lipinski definition) is 4. The summed E-state index contributed by atoms with van der Waals surface area (Å²) < 4.78 is 4.86. The SMILES string of the molecule is CCCN(CCCC(C)(NC)C(=O)OC)C1CC1. The molecule has 0 aromatic heterocycles. The third-order valence-corrected chi connectivity index (χ3v) is 3.88. The second-order valence-electron chi connectivity index (χ2n) is 5.44. The van der Waals surface area contributed by atoms with Gasteiger partial charge in [0.1, 0.15) is 5.54 Å². The quantitative estimate of drug-likeness (QED) is 0.639.